The summed E-state index contributed by atoms with van der Waals surface area (Å²) in [5.74, 6) is 0. The molecule has 0 spiro atoms. The van der Waals surface area contributed by atoms with Crippen LogP contribution in [0.25, 0.3) is 10.1 Å². The summed E-state index contributed by atoms with van der Waals surface area (Å²) >= 11 is 7.19. The van der Waals surface area contributed by atoms with Gasteiger partial charge in [-0.05, 0) is 36.4 Å². The van der Waals surface area contributed by atoms with E-state index in [0.717, 1.165) is 5.33 Å². The maximum atomic E-state index is 3.53. The molecule has 0 amide bonds. The van der Waals surface area contributed by atoms with Crippen LogP contribution in [0.3, 0.4) is 0 Å². The first-order valence-electron chi connectivity index (χ1n) is 4.37. The number of aryl methyl sites for hydroxylation is 1. The predicted octanol–water partition coefficient (Wildman–Crippen LogP) is 4.83. The summed E-state index contributed by atoms with van der Waals surface area (Å²) in [6.45, 7) is 2.18. The van der Waals surface area contributed by atoms with E-state index in [0.29, 0.717) is 0 Å². The summed E-state index contributed by atoms with van der Waals surface area (Å²) in [5.41, 5.74) is 2.77. The molecule has 0 radical (unpaired) electrons. The van der Waals surface area contributed by atoms with E-state index in [9.17, 15) is 0 Å². The Kier molecular flexibility index (Phi) is 3.20. The van der Waals surface area contributed by atoms with Gasteiger partial charge in [0.05, 0.1) is 0 Å². The number of thiophene rings is 1. The minimum atomic E-state index is 0.943. The van der Waals surface area contributed by atoms with Crippen molar-refractivity contribution in [2.24, 2.45) is 0 Å². The highest BCUT2D eigenvalue weighted by molar-refractivity contribution is 9.08. The van der Waals surface area contributed by atoms with Gasteiger partial charge in [-0.3, -0.25) is 0 Å². The third-order valence-electron chi connectivity index (χ3n) is 2.36. The van der Waals surface area contributed by atoms with Gasteiger partial charge in [-0.1, -0.05) is 15.9 Å². The average Bonchev–Trinajstić information content (AvgIpc) is 2.58. The van der Waals surface area contributed by atoms with Crippen LogP contribution in [0.5, 0.6) is 0 Å². The Balaban J connectivity index is 2.70. The van der Waals surface area contributed by atoms with E-state index in [4.69, 9.17) is 0 Å². The van der Waals surface area contributed by atoms with Gasteiger partial charge in [-0.15, -0.1) is 23.1 Å². The van der Waals surface area contributed by atoms with E-state index in [1.807, 2.05) is 23.1 Å². The zero-order valence-electron chi connectivity index (χ0n) is 8.13. The maximum Gasteiger partial charge on any atom is 0.0357 e. The molecule has 1 aromatic heterocycles. The minimum absolute atomic E-state index is 0.943. The molecule has 1 heterocycles. The minimum Gasteiger partial charge on any atom is -0.143 e. The van der Waals surface area contributed by atoms with Gasteiger partial charge in [0.15, 0.2) is 0 Å². The molecule has 0 aliphatic heterocycles. The molecule has 0 unspecified atom stereocenters. The van der Waals surface area contributed by atoms with Crippen LogP contribution in [0, 0.1) is 6.92 Å². The molecule has 2 aromatic rings. The van der Waals surface area contributed by atoms with E-state index >= 15 is 0 Å². The standard InChI is InChI=1S/C11H11BrS2/c1-7-3-10-9(4-8(7)5-12)11(13-2)6-14-10/h3-4,6H,5H2,1-2H3. The second kappa shape index (κ2) is 4.25. The van der Waals surface area contributed by atoms with Gasteiger partial charge in [0.25, 0.3) is 0 Å². The molecule has 0 N–H and O–H groups in total. The zero-order valence-corrected chi connectivity index (χ0v) is 11.4. The van der Waals surface area contributed by atoms with Crippen LogP contribution >= 0.6 is 39.0 Å². The van der Waals surface area contributed by atoms with E-state index in [1.54, 1.807) is 0 Å². The van der Waals surface area contributed by atoms with Crippen molar-refractivity contribution < 1.29 is 0 Å². The molecule has 0 fully saturated rings. The summed E-state index contributed by atoms with van der Waals surface area (Å²) in [6.07, 6.45) is 2.13. The van der Waals surface area contributed by atoms with Gasteiger partial charge in [0.1, 0.15) is 0 Å². The van der Waals surface area contributed by atoms with Crippen LogP contribution in [-0.4, -0.2) is 6.26 Å². The van der Waals surface area contributed by atoms with Crippen molar-refractivity contribution in [2.45, 2.75) is 17.1 Å². The van der Waals surface area contributed by atoms with Gasteiger partial charge >= 0.3 is 0 Å². The van der Waals surface area contributed by atoms with Crippen molar-refractivity contribution in [2.75, 3.05) is 6.26 Å². The number of thioether (sulfide) groups is 1. The summed E-state index contributed by atoms with van der Waals surface area (Å²) in [5, 5.41) is 4.59. The van der Waals surface area contributed by atoms with Gasteiger partial charge < -0.3 is 0 Å². The van der Waals surface area contributed by atoms with Crippen LogP contribution in [0.1, 0.15) is 11.1 Å². The number of benzene rings is 1. The fourth-order valence-electron chi connectivity index (χ4n) is 1.50. The Hall–Kier alpha value is 0.01000. The summed E-state index contributed by atoms with van der Waals surface area (Å²) in [4.78, 5) is 1.40. The molecule has 0 aliphatic carbocycles. The first-order chi connectivity index (χ1) is 6.76. The van der Waals surface area contributed by atoms with Crippen molar-refractivity contribution in [1.82, 2.24) is 0 Å². The van der Waals surface area contributed by atoms with Crippen molar-refractivity contribution in [3.05, 3.63) is 28.6 Å². The normalized spacial score (nSPS) is 11.1. The van der Waals surface area contributed by atoms with Crippen LogP contribution < -0.4 is 0 Å². The molecule has 0 aliphatic rings. The number of halogens is 1. The molecule has 3 heteroatoms. The average molecular weight is 287 g/mol. The van der Waals surface area contributed by atoms with E-state index < -0.39 is 0 Å². The van der Waals surface area contributed by atoms with E-state index in [2.05, 4.69) is 46.6 Å². The highest BCUT2D eigenvalue weighted by atomic mass is 79.9. The van der Waals surface area contributed by atoms with Crippen molar-refractivity contribution in [1.29, 1.82) is 0 Å². The summed E-state index contributed by atoms with van der Waals surface area (Å²) < 4.78 is 1.40. The smallest absolute Gasteiger partial charge is 0.0357 e. The fourth-order valence-corrected chi connectivity index (χ4v) is 3.99. The Morgan fingerprint density at radius 3 is 2.86 bits per heavy atom. The SMILES string of the molecule is CSc1csc2cc(C)c(CBr)cc12. The maximum absolute atomic E-state index is 3.53. The molecule has 2 rings (SSSR count). The summed E-state index contributed by atoms with van der Waals surface area (Å²) in [7, 11) is 0. The number of alkyl halides is 1. The highest BCUT2D eigenvalue weighted by Gasteiger charge is 2.06. The van der Waals surface area contributed by atoms with Gasteiger partial charge in [0, 0.05) is 25.7 Å². The fraction of sp³-hybridized carbons (Fsp3) is 0.273. The van der Waals surface area contributed by atoms with Crippen LogP contribution in [-0.2, 0) is 5.33 Å². The van der Waals surface area contributed by atoms with Crippen LogP contribution in [0.4, 0.5) is 0 Å². The van der Waals surface area contributed by atoms with Gasteiger partial charge in [-0.25, -0.2) is 0 Å². The molecule has 0 atom stereocenters. The van der Waals surface area contributed by atoms with Crippen molar-refractivity contribution in [3.8, 4) is 0 Å². The first kappa shape index (κ1) is 10.5. The second-order valence-corrected chi connectivity index (χ2v) is 5.53. The summed E-state index contributed by atoms with van der Waals surface area (Å²) in [6, 6.07) is 4.60. The van der Waals surface area contributed by atoms with E-state index in [1.165, 1.54) is 26.1 Å². The number of hydrogen-bond acceptors (Lipinski definition) is 2. The number of rotatable bonds is 2. The topological polar surface area (TPSA) is 0 Å². The quantitative estimate of drug-likeness (QED) is 0.563. The highest BCUT2D eigenvalue weighted by Crippen LogP contribution is 2.34. The predicted molar refractivity (Wildman–Crippen MR) is 71.0 cm³/mol. The molecule has 14 heavy (non-hydrogen) atoms. The molecular weight excluding hydrogens is 276 g/mol. The molecule has 0 bridgehead atoms. The molecule has 0 saturated heterocycles. The molecule has 1 aromatic carbocycles. The number of fused-ring (bicyclic) bond motifs is 1. The molecule has 0 nitrogen and oxygen atoms in total. The van der Waals surface area contributed by atoms with Crippen LogP contribution in [0.15, 0.2) is 22.4 Å². The Bertz CT molecular complexity index is 460. The zero-order chi connectivity index (χ0) is 10.1. The van der Waals surface area contributed by atoms with Crippen LogP contribution in [0.2, 0.25) is 0 Å². The lowest BCUT2D eigenvalue weighted by Gasteiger charge is -2.02. The molecule has 74 valence electrons. The lowest BCUT2D eigenvalue weighted by molar-refractivity contribution is 1.34. The van der Waals surface area contributed by atoms with E-state index in [-0.39, 0.29) is 0 Å². The third kappa shape index (κ3) is 1.73. The Labute approximate surface area is 101 Å². The van der Waals surface area contributed by atoms with Gasteiger partial charge in [-0.2, -0.15) is 0 Å². The Morgan fingerprint density at radius 1 is 1.43 bits per heavy atom. The molecule has 0 saturated carbocycles. The monoisotopic (exact) mass is 286 g/mol. The number of hydrogen-bond donors (Lipinski definition) is 0. The largest absolute Gasteiger partial charge is 0.143 e. The van der Waals surface area contributed by atoms with Crippen molar-refractivity contribution in [3.63, 3.8) is 0 Å². The first-order valence-corrected chi connectivity index (χ1v) is 7.59. The Morgan fingerprint density at radius 2 is 2.21 bits per heavy atom. The second-order valence-electron chi connectivity index (χ2n) is 3.21. The van der Waals surface area contributed by atoms with Crippen molar-refractivity contribution >= 4 is 49.1 Å². The third-order valence-corrected chi connectivity index (χ3v) is 4.84. The molecular formula is C11H11BrS2. The lowest BCUT2D eigenvalue weighted by Crippen LogP contribution is -1.83. The van der Waals surface area contributed by atoms with Gasteiger partial charge in [0.2, 0.25) is 0 Å². The lowest BCUT2D eigenvalue weighted by atomic mass is 10.1.